The van der Waals surface area contributed by atoms with Crippen molar-refractivity contribution in [1.82, 2.24) is 0 Å². The molecule has 0 aliphatic heterocycles. The van der Waals surface area contributed by atoms with E-state index in [1.165, 1.54) is 11.1 Å². The van der Waals surface area contributed by atoms with Crippen molar-refractivity contribution < 1.29 is 4.74 Å². The van der Waals surface area contributed by atoms with Gasteiger partial charge in [0, 0.05) is 0 Å². The highest BCUT2D eigenvalue weighted by molar-refractivity contribution is 7.18. The van der Waals surface area contributed by atoms with E-state index >= 15 is 0 Å². The Kier molecular flexibility index (Phi) is 4.42. The maximum absolute atomic E-state index is 6.04. The predicted octanol–water partition coefficient (Wildman–Crippen LogP) is 5.27. The van der Waals surface area contributed by atoms with Crippen molar-refractivity contribution in [3.8, 4) is 5.75 Å². The van der Waals surface area contributed by atoms with Crippen LogP contribution in [0.1, 0.15) is 66.5 Å². The van der Waals surface area contributed by atoms with Gasteiger partial charge in [-0.2, -0.15) is 0 Å². The second-order valence-electron chi connectivity index (χ2n) is 7.95. The molecule has 1 nitrogen and oxygen atoms in total. The van der Waals surface area contributed by atoms with Crippen LogP contribution in [0.15, 0.2) is 18.2 Å². The van der Waals surface area contributed by atoms with Gasteiger partial charge in [-0.05, 0) is 47.9 Å². The average molecular weight is 280 g/mol. The van der Waals surface area contributed by atoms with Crippen LogP contribution in [0.5, 0.6) is 5.75 Å². The SMILES string of the molecule is CC(C)(P)Oc1cc(C(C)(C)C)cc(C(C)(C)C)c1. The number of hydrogen-bond donors (Lipinski definition) is 0. The summed E-state index contributed by atoms with van der Waals surface area (Å²) in [7, 11) is 2.74. The molecule has 0 aromatic heterocycles. The smallest absolute Gasteiger partial charge is 0.121 e. The molecule has 0 radical (unpaired) electrons. The van der Waals surface area contributed by atoms with E-state index in [0.29, 0.717) is 0 Å². The fraction of sp³-hybridized carbons (Fsp3) is 0.647. The molecule has 0 fully saturated rings. The zero-order valence-electron chi connectivity index (χ0n) is 13.7. The molecule has 0 amide bonds. The Morgan fingerprint density at radius 1 is 0.737 bits per heavy atom. The van der Waals surface area contributed by atoms with E-state index in [1.54, 1.807) is 0 Å². The molecule has 108 valence electrons. The molecule has 0 saturated heterocycles. The van der Waals surface area contributed by atoms with Crippen molar-refractivity contribution in [2.45, 2.75) is 71.6 Å². The zero-order valence-corrected chi connectivity index (χ0v) is 14.9. The Bertz CT molecular complexity index is 410. The Labute approximate surface area is 121 Å². The summed E-state index contributed by atoms with van der Waals surface area (Å²) in [6, 6.07) is 6.64. The fourth-order valence-corrected chi connectivity index (χ4v) is 1.96. The second kappa shape index (κ2) is 5.09. The lowest BCUT2D eigenvalue weighted by Crippen LogP contribution is -2.21. The Morgan fingerprint density at radius 3 is 1.37 bits per heavy atom. The van der Waals surface area contributed by atoms with Gasteiger partial charge < -0.3 is 4.74 Å². The van der Waals surface area contributed by atoms with Crippen LogP contribution in [-0.4, -0.2) is 5.34 Å². The first kappa shape index (κ1) is 16.5. The van der Waals surface area contributed by atoms with Gasteiger partial charge in [0.05, 0.1) is 0 Å². The minimum Gasteiger partial charge on any atom is -0.484 e. The zero-order chi connectivity index (χ0) is 15.1. The summed E-state index contributed by atoms with van der Waals surface area (Å²) < 4.78 is 6.04. The second-order valence-corrected chi connectivity index (χ2v) is 9.34. The van der Waals surface area contributed by atoms with Gasteiger partial charge in [-0.15, -0.1) is 0 Å². The van der Waals surface area contributed by atoms with Gasteiger partial charge in [0.25, 0.3) is 0 Å². The third-order valence-corrected chi connectivity index (χ3v) is 3.14. The number of ether oxygens (including phenoxy) is 1. The lowest BCUT2D eigenvalue weighted by atomic mass is 9.80. The van der Waals surface area contributed by atoms with Crippen LogP contribution >= 0.6 is 9.24 Å². The summed E-state index contributed by atoms with van der Waals surface area (Å²) in [5, 5.41) is -0.244. The van der Waals surface area contributed by atoms with Crippen LogP contribution in [0.3, 0.4) is 0 Å². The summed E-state index contributed by atoms with van der Waals surface area (Å²) in [5.41, 5.74) is 2.91. The van der Waals surface area contributed by atoms with E-state index in [4.69, 9.17) is 4.74 Å². The molecule has 1 aromatic rings. The lowest BCUT2D eigenvalue weighted by molar-refractivity contribution is 0.205. The quantitative estimate of drug-likeness (QED) is 0.670. The lowest BCUT2D eigenvalue weighted by Gasteiger charge is -2.28. The molecule has 1 atom stereocenters. The molecule has 0 saturated carbocycles. The molecule has 2 heteroatoms. The fourth-order valence-electron chi connectivity index (χ4n) is 1.83. The monoisotopic (exact) mass is 280 g/mol. The number of rotatable bonds is 2. The highest BCUT2D eigenvalue weighted by Gasteiger charge is 2.22. The largest absolute Gasteiger partial charge is 0.484 e. The van der Waals surface area contributed by atoms with Crippen molar-refractivity contribution in [2.75, 3.05) is 0 Å². The standard InChI is InChI=1S/C17H29OP/c1-15(2,3)12-9-13(16(4,5)6)11-14(10-12)18-17(7,8)19/h9-11H,19H2,1-8H3. The van der Waals surface area contributed by atoms with Gasteiger partial charge in [-0.25, -0.2) is 0 Å². The first-order chi connectivity index (χ1) is 8.29. The molecule has 0 heterocycles. The van der Waals surface area contributed by atoms with Crippen LogP contribution in [0, 0.1) is 0 Å². The van der Waals surface area contributed by atoms with Gasteiger partial charge in [-0.3, -0.25) is 0 Å². The highest BCUT2D eigenvalue weighted by atomic mass is 31.0. The van der Waals surface area contributed by atoms with Gasteiger partial charge in [-0.1, -0.05) is 56.8 Å². The molecular weight excluding hydrogens is 251 g/mol. The minimum atomic E-state index is -0.244. The van der Waals surface area contributed by atoms with Gasteiger partial charge in [0.2, 0.25) is 0 Å². The Hall–Kier alpha value is -0.550. The van der Waals surface area contributed by atoms with Gasteiger partial charge in [0.1, 0.15) is 11.1 Å². The summed E-state index contributed by atoms with van der Waals surface area (Å²) in [6.07, 6.45) is 0. The molecule has 0 N–H and O–H groups in total. The third kappa shape index (κ3) is 5.15. The molecule has 0 bridgehead atoms. The Balaban J connectivity index is 3.33. The number of benzene rings is 1. The van der Waals surface area contributed by atoms with Crippen LogP contribution in [0.4, 0.5) is 0 Å². The van der Waals surface area contributed by atoms with Crippen LogP contribution in [0.2, 0.25) is 0 Å². The summed E-state index contributed by atoms with van der Waals surface area (Å²) >= 11 is 0. The normalized spacial score (nSPS) is 13.5. The molecule has 0 aliphatic carbocycles. The van der Waals surface area contributed by atoms with E-state index in [0.717, 1.165) is 5.75 Å². The molecule has 1 aromatic carbocycles. The molecule has 0 aliphatic rings. The molecule has 1 rings (SSSR count). The van der Waals surface area contributed by atoms with Crippen molar-refractivity contribution in [2.24, 2.45) is 0 Å². The average Bonchev–Trinajstić information content (AvgIpc) is 2.11. The molecule has 1 unspecified atom stereocenters. The van der Waals surface area contributed by atoms with Crippen molar-refractivity contribution >= 4 is 9.24 Å². The van der Waals surface area contributed by atoms with Crippen LogP contribution < -0.4 is 4.74 Å². The minimum absolute atomic E-state index is 0.129. The number of hydrogen-bond acceptors (Lipinski definition) is 1. The van der Waals surface area contributed by atoms with E-state index in [-0.39, 0.29) is 16.2 Å². The van der Waals surface area contributed by atoms with Gasteiger partial charge in [0.15, 0.2) is 0 Å². The van der Waals surface area contributed by atoms with Gasteiger partial charge >= 0.3 is 0 Å². The summed E-state index contributed by atoms with van der Waals surface area (Å²) in [5.74, 6) is 0.956. The van der Waals surface area contributed by atoms with E-state index in [2.05, 4.69) is 82.8 Å². The first-order valence-corrected chi connectivity index (χ1v) is 7.51. The Morgan fingerprint density at radius 2 is 1.11 bits per heavy atom. The molecular formula is C17H29OP. The predicted molar refractivity (Wildman–Crippen MR) is 88.3 cm³/mol. The van der Waals surface area contributed by atoms with Crippen LogP contribution in [0.25, 0.3) is 0 Å². The maximum Gasteiger partial charge on any atom is 0.121 e. The van der Waals surface area contributed by atoms with E-state index < -0.39 is 0 Å². The molecule has 19 heavy (non-hydrogen) atoms. The first-order valence-electron chi connectivity index (χ1n) is 6.93. The van der Waals surface area contributed by atoms with Crippen molar-refractivity contribution in [3.63, 3.8) is 0 Å². The van der Waals surface area contributed by atoms with E-state index in [9.17, 15) is 0 Å². The van der Waals surface area contributed by atoms with Crippen LogP contribution in [-0.2, 0) is 10.8 Å². The van der Waals surface area contributed by atoms with Crippen molar-refractivity contribution in [1.29, 1.82) is 0 Å². The van der Waals surface area contributed by atoms with E-state index in [1.807, 2.05) is 0 Å². The molecule has 0 spiro atoms. The topological polar surface area (TPSA) is 9.23 Å². The maximum atomic E-state index is 6.04. The summed E-state index contributed by atoms with van der Waals surface area (Å²) in [6.45, 7) is 17.6. The third-order valence-electron chi connectivity index (χ3n) is 3.02. The van der Waals surface area contributed by atoms with Crippen molar-refractivity contribution in [3.05, 3.63) is 29.3 Å². The summed E-state index contributed by atoms with van der Waals surface area (Å²) in [4.78, 5) is 0. The highest BCUT2D eigenvalue weighted by Crippen LogP contribution is 2.34.